The predicted octanol–water partition coefficient (Wildman–Crippen LogP) is 2.71. The summed E-state index contributed by atoms with van der Waals surface area (Å²) in [5.74, 6) is -2.40. The highest BCUT2D eigenvalue weighted by molar-refractivity contribution is 6.30. The van der Waals surface area contributed by atoms with E-state index in [1.54, 1.807) is 54.6 Å². The van der Waals surface area contributed by atoms with Crippen LogP contribution in [0.2, 0.25) is 5.02 Å². The molecule has 3 unspecified atom stereocenters. The maximum Gasteiger partial charge on any atom is 0.360 e. The molecule has 0 aromatic heterocycles. The highest BCUT2D eigenvalue weighted by Crippen LogP contribution is 2.38. The largest absolute Gasteiger partial charge is 0.465 e. The molecule has 1 fully saturated rings. The van der Waals surface area contributed by atoms with Crippen LogP contribution in [0.25, 0.3) is 0 Å². The summed E-state index contributed by atoms with van der Waals surface area (Å²) in [6, 6.07) is 13.6. The third-order valence-corrected chi connectivity index (χ3v) is 4.99. The monoisotopic (exact) mass is 402 g/mol. The number of hydrogen-bond donors (Lipinski definition) is 2. The van der Waals surface area contributed by atoms with Gasteiger partial charge < -0.3 is 14.8 Å². The summed E-state index contributed by atoms with van der Waals surface area (Å²) in [5, 5.41) is 5.67. The number of carbonyl (C=O) groups is 3. The molecule has 1 saturated heterocycles. The highest BCUT2D eigenvalue weighted by atomic mass is 35.5. The molecular formula is C20H19ClN2O5. The molecule has 2 aromatic carbocycles. The van der Waals surface area contributed by atoms with Crippen LogP contribution in [-0.4, -0.2) is 37.7 Å². The van der Waals surface area contributed by atoms with Crippen LogP contribution in [0.4, 0.5) is 4.79 Å². The lowest BCUT2D eigenvalue weighted by atomic mass is 9.77. The quantitative estimate of drug-likeness (QED) is 0.592. The number of carbonyl (C=O) groups excluding carboxylic acids is 3. The van der Waals surface area contributed by atoms with Crippen LogP contribution in [0.5, 0.6) is 0 Å². The van der Waals surface area contributed by atoms with Gasteiger partial charge in [-0.15, -0.1) is 0 Å². The number of halogens is 1. The lowest BCUT2D eigenvalue weighted by Crippen LogP contribution is -2.71. The molecule has 0 aliphatic carbocycles. The molecule has 1 aliphatic heterocycles. The number of rotatable bonds is 5. The number of ketones is 1. The average Bonchev–Trinajstić information content (AvgIpc) is 2.73. The molecule has 0 radical (unpaired) electrons. The first-order valence-corrected chi connectivity index (χ1v) is 8.87. The number of urea groups is 1. The molecule has 2 N–H and O–H groups in total. The van der Waals surface area contributed by atoms with E-state index in [4.69, 9.17) is 21.1 Å². The molecule has 3 atom stereocenters. The van der Waals surface area contributed by atoms with Gasteiger partial charge in [0.15, 0.2) is 5.78 Å². The fraction of sp³-hybridized carbons (Fsp3) is 0.250. The summed E-state index contributed by atoms with van der Waals surface area (Å²) in [5.41, 5.74) is -1.03. The maximum atomic E-state index is 13.4. The topological polar surface area (TPSA) is 93.7 Å². The SMILES string of the molecule is COC(=O)C1(OC)NC(=O)NC(c2ccc(Cl)cc2)C1C(=O)c1ccccc1. The lowest BCUT2D eigenvalue weighted by molar-refractivity contribution is -0.178. The van der Waals surface area contributed by atoms with Crippen molar-refractivity contribution in [3.05, 3.63) is 70.7 Å². The van der Waals surface area contributed by atoms with E-state index in [-0.39, 0.29) is 5.78 Å². The van der Waals surface area contributed by atoms with E-state index in [9.17, 15) is 14.4 Å². The second kappa shape index (κ2) is 8.00. The van der Waals surface area contributed by atoms with Crippen LogP contribution in [0.3, 0.4) is 0 Å². The van der Waals surface area contributed by atoms with E-state index in [0.29, 0.717) is 16.1 Å². The van der Waals surface area contributed by atoms with Gasteiger partial charge in [0.2, 0.25) is 0 Å². The Labute approximate surface area is 167 Å². The first-order chi connectivity index (χ1) is 13.4. The fourth-order valence-corrected chi connectivity index (χ4v) is 3.52. The van der Waals surface area contributed by atoms with Gasteiger partial charge in [0, 0.05) is 17.7 Å². The minimum Gasteiger partial charge on any atom is -0.465 e. The van der Waals surface area contributed by atoms with Crippen LogP contribution in [0, 0.1) is 5.92 Å². The molecule has 146 valence electrons. The number of hydrogen-bond acceptors (Lipinski definition) is 5. The Morgan fingerprint density at radius 1 is 1.04 bits per heavy atom. The molecule has 0 spiro atoms. The molecule has 2 amide bonds. The fourth-order valence-electron chi connectivity index (χ4n) is 3.40. The van der Waals surface area contributed by atoms with Crippen molar-refractivity contribution in [1.29, 1.82) is 0 Å². The average molecular weight is 403 g/mol. The number of Topliss-reactive ketones (excluding diaryl/α,β-unsaturated/α-hetero) is 1. The van der Waals surface area contributed by atoms with Crippen molar-refractivity contribution in [2.45, 2.75) is 11.8 Å². The number of nitrogens with one attached hydrogen (secondary N) is 2. The smallest absolute Gasteiger partial charge is 0.360 e. The van der Waals surface area contributed by atoms with E-state index in [0.717, 1.165) is 0 Å². The van der Waals surface area contributed by atoms with Crippen LogP contribution < -0.4 is 10.6 Å². The van der Waals surface area contributed by atoms with Crippen LogP contribution in [0.15, 0.2) is 54.6 Å². The third-order valence-electron chi connectivity index (χ3n) is 4.74. The molecule has 28 heavy (non-hydrogen) atoms. The van der Waals surface area contributed by atoms with Gasteiger partial charge in [-0.3, -0.25) is 10.1 Å². The predicted molar refractivity (Wildman–Crippen MR) is 102 cm³/mol. The molecule has 2 aromatic rings. The zero-order valence-electron chi connectivity index (χ0n) is 15.3. The molecule has 1 aliphatic rings. The summed E-state index contributed by atoms with van der Waals surface area (Å²) in [6.45, 7) is 0. The molecule has 1 heterocycles. The van der Waals surface area contributed by atoms with Crippen molar-refractivity contribution in [3.8, 4) is 0 Å². The maximum absolute atomic E-state index is 13.4. The lowest BCUT2D eigenvalue weighted by Gasteiger charge is -2.44. The van der Waals surface area contributed by atoms with E-state index in [2.05, 4.69) is 10.6 Å². The van der Waals surface area contributed by atoms with Crippen molar-refractivity contribution in [2.75, 3.05) is 14.2 Å². The molecule has 8 heteroatoms. The second-order valence-electron chi connectivity index (χ2n) is 6.27. The van der Waals surface area contributed by atoms with E-state index in [1.807, 2.05) is 0 Å². The van der Waals surface area contributed by atoms with E-state index in [1.165, 1.54) is 14.2 Å². The van der Waals surface area contributed by atoms with Crippen LogP contribution in [-0.2, 0) is 14.3 Å². The van der Waals surface area contributed by atoms with Gasteiger partial charge >= 0.3 is 12.0 Å². The van der Waals surface area contributed by atoms with Gasteiger partial charge in [0.05, 0.1) is 13.2 Å². The summed E-state index contributed by atoms with van der Waals surface area (Å²) in [6.07, 6.45) is 0. The van der Waals surface area contributed by atoms with Gasteiger partial charge in [0.1, 0.15) is 5.92 Å². The van der Waals surface area contributed by atoms with Gasteiger partial charge in [-0.1, -0.05) is 54.1 Å². The minimum absolute atomic E-state index is 0.370. The Balaban J connectivity index is 2.18. The van der Waals surface area contributed by atoms with Crippen molar-refractivity contribution < 1.29 is 23.9 Å². The third kappa shape index (κ3) is 3.46. The van der Waals surface area contributed by atoms with Crippen molar-refractivity contribution in [1.82, 2.24) is 10.6 Å². The normalized spacial score (nSPS) is 24.0. The first kappa shape index (κ1) is 19.9. The summed E-state index contributed by atoms with van der Waals surface area (Å²) >= 11 is 5.96. The first-order valence-electron chi connectivity index (χ1n) is 8.50. The molecule has 0 saturated carbocycles. The number of ether oxygens (including phenoxy) is 2. The molecule has 3 rings (SSSR count). The molecular weight excluding hydrogens is 384 g/mol. The van der Waals surface area contributed by atoms with E-state index < -0.39 is 29.7 Å². The number of benzene rings is 2. The molecule has 7 nitrogen and oxygen atoms in total. The molecule has 0 bridgehead atoms. The van der Waals surface area contributed by atoms with E-state index >= 15 is 0 Å². The highest BCUT2D eigenvalue weighted by Gasteiger charge is 2.59. The minimum atomic E-state index is -1.99. The number of esters is 1. The van der Waals surface area contributed by atoms with Crippen LogP contribution >= 0.6 is 11.6 Å². The number of methoxy groups -OCH3 is 2. The summed E-state index contributed by atoms with van der Waals surface area (Å²) < 4.78 is 10.3. The van der Waals surface area contributed by atoms with Crippen molar-refractivity contribution in [3.63, 3.8) is 0 Å². The standard InChI is InChI=1S/C20H19ClN2O5/c1-27-18(25)20(28-2)15(17(24)13-6-4-3-5-7-13)16(22-19(26)23-20)12-8-10-14(21)11-9-12/h3-11,15-16H,1-2H3,(H2,22,23,26). The zero-order chi connectivity index (χ0) is 20.3. The van der Waals surface area contributed by atoms with Crippen molar-refractivity contribution in [2.24, 2.45) is 5.92 Å². The van der Waals surface area contributed by atoms with Gasteiger partial charge in [-0.2, -0.15) is 0 Å². The summed E-state index contributed by atoms with van der Waals surface area (Å²) in [4.78, 5) is 38.5. The van der Waals surface area contributed by atoms with Gasteiger partial charge in [0.25, 0.3) is 5.72 Å². The van der Waals surface area contributed by atoms with Crippen LogP contribution in [0.1, 0.15) is 22.0 Å². The summed E-state index contributed by atoms with van der Waals surface area (Å²) in [7, 11) is 2.41. The zero-order valence-corrected chi connectivity index (χ0v) is 16.0. The van der Waals surface area contributed by atoms with Crippen molar-refractivity contribution >= 4 is 29.4 Å². The Kier molecular flexibility index (Phi) is 5.67. The van der Waals surface area contributed by atoms with Gasteiger partial charge in [-0.25, -0.2) is 9.59 Å². The van der Waals surface area contributed by atoms with Gasteiger partial charge in [-0.05, 0) is 17.7 Å². The Bertz CT molecular complexity index is 887. The number of amides is 2. The second-order valence-corrected chi connectivity index (χ2v) is 6.70. The Morgan fingerprint density at radius 2 is 1.68 bits per heavy atom. The Morgan fingerprint density at radius 3 is 2.25 bits per heavy atom. The Hall–Kier alpha value is -2.90.